The number of carbonyl (C=O) groups excluding carboxylic acids is 2. The molecule has 0 radical (unpaired) electrons. The van der Waals surface area contributed by atoms with E-state index in [4.69, 9.17) is 0 Å². The second-order valence-corrected chi connectivity index (χ2v) is 7.53. The quantitative estimate of drug-likeness (QED) is 0.905. The first-order valence-corrected chi connectivity index (χ1v) is 9.83. The molecule has 1 aliphatic carbocycles. The molecule has 1 N–H and O–H groups in total. The van der Waals surface area contributed by atoms with Gasteiger partial charge in [0.15, 0.2) is 0 Å². The summed E-state index contributed by atoms with van der Waals surface area (Å²) < 4.78 is 2.05. The Balaban J connectivity index is 1.40. The van der Waals surface area contributed by atoms with Gasteiger partial charge < -0.3 is 5.32 Å². The van der Waals surface area contributed by atoms with E-state index in [1.807, 2.05) is 41.2 Å². The van der Waals surface area contributed by atoms with Crippen molar-refractivity contribution in [1.29, 1.82) is 0 Å². The molecular formula is C21H26N4O2. The van der Waals surface area contributed by atoms with Crippen molar-refractivity contribution < 1.29 is 9.59 Å². The van der Waals surface area contributed by atoms with E-state index in [9.17, 15) is 9.59 Å². The Labute approximate surface area is 159 Å². The summed E-state index contributed by atoms with van der Waals surface area (Å²) in [6, 6.07) is 9.69. The van der Waals surface area contributed by atoms with Crippen LogP contribution in [0.25, 0.3) is 0 Å². The van der Waals surface area contributed by atoms with Crippen molar-refractivity contribution in [2.45, 2.75) is 64.1 Å². The molecule has 4 rings (SSSR count). The summed E-state index contributed by atoms with van der Waals surface area (Å²) >= 11 is 0. The zero-order chi connectivity index (χ0) is 18.8. The molecule has 1 aromatic carbocycles. The number of anilines is 1. The van der Waals surface area contributed by atoms with Crippen LogP contribution in [0.2, 0.25) is 0 Å². The lowest BCUT2D eigenvalue weighted by atomic mass is 9.96. The van der Waals surface area contributed by atoms with E-state index >= 15 is 0 Å². The van der Waals surface area contributed by atoms with E-state index in [-0.39, 0.29) is 11.8 Å². The first-order valence-electron chi connectivity index (χ1n) is 9.83. The zero-order valence-corrected chi connectivity index (χ0v) is 15.7. The summed E-state index contributed by atoms with van der Waals surface area (Å²) in [4.78, 5) is 26.5. The normalized spacial score (nSPS) is 19.7. The van der Waals surface area contributed by atoms with Crippen molar-refractivity contribution in [3.63, 3.8) is 0 Å². The van der Waals surface area contributed by atoms with Crippen LogP contribution in [0.3, 0.4) is 0 Å². The van der Waals surface area contributed by atoms with Crippen LogP contribution in [0.1, 0.15) is 56.3 Å². The Morgan fingerprint density at radius 3 is 2.70 bits per heavy atom. The molecule has 1 aromatic heterocycles. The molecule has 0 bridgehead atoms. The highest BCUT2D eigenvalue weighted by Crippen LogP contribution is 2.32. The molecule has 0 spiro atoms. The summed E-state index contributed by atoms with van der Waals surface area (Å²) in [7, 11) is 0. The average Bonchev–Trinajstić information content (AvgIpc) is 3.31. The van der Waals surface area contributed by atoms with E-state index in [2.05, 4.69) is 10.4 Å². The van der Waals surface area contributed by atoms with Crippen molar-refractivity contribution in [3.8, 4) is 0 Å². The van der Waals surface area contributed by atoms with Crippen molar-refractivity contribution in [2.75, 3.05) is 4.90 Å². The first-order chi connectivity index (χ1) is 13.1. The van der Waals surface area contributed by atoms with Crippen LogP contribution < -0.4 is 10.2 Å². The smallest absolute Gasteiger partial charge is 0.243 e. The second-order valence-electron chi connectivity index (χ2n) is 7.53. The van der Waals surface area contributed by atoms with Gasteiger partial charge in [-0.2, -0.15) is 5.10 Å². The number of hydrogen-bond acceptors (Lipinski definition) is 3. The number of para-hydroxylation sites is 1. The number of nitrogens with zero attached hydrogens (tertiary/aromatic N) is 3. The molecule has 142 valence electrons. The minimum absolute atomic E-state index is 0.110. The lowest BCUT2D eigenvalue weighted by Crippen LogP contribution is -2.47. The van der Waals surface area contributed by atoms with Gasteiger partial charge in [0.05, 0.1) is 18.3 Å². The van der Waals surface area contributed by atoms with Crippen LogP contribution in [0.5, 0.6) is 0 Å². The number of aromatic nitrogens is 2. The number of rotatable bonds is 4. The summed E-state index contributed by atoms with van der Waals surface area (Å²) in [5.74, 6) is -0.240. The predicted molar refractivity (Wildman–Crippen MR) is 103 cm³/mol. The Bertz CT molecular complexity index is 838. The molecule has 2 aromatic rings. The molecule has 1 fully saturated rings. The number of fused-ring (bicyclic) bond motifs is 1. The van der Waals surface area contributed by atoms with E-state index in [0.29, 0.717) is 19.0 Å². The third-order valence-electron chi connectivity index (χ3n) is 5.67. The molecule has 2 heterocycles. The molecule has 27 heavy (non-hydrogen) atoms. The molecule has 2 aliphatic rings. The zero-order valence-electron chi connectivity index (χ0n) is 15.7. The second kappa shape index (κ2) is 7.55. The molecule has 1 aliphatic heterocycles. The minimum atomic E-state index is -0.486. The fraction of sp³-hybridized carbons (Fsp3) is 0.476. The van der Waals surface area contributed by atoms with Gasteiger partial charge in [-0.05, 0) is 30.5 Å². The van der Waals surface area contributed by atoms with Gasteiger partial charge in [0, 0.05) is 25.2 Å². The van der Waals surface area contributed by atoms with Gasteiger partial charge in [-0.25, -0.2) is 0 Å². The van der Waals surface area contributed by atoms with Gasteiger partial charge in [-0.1, -0.05) is 37.5 Å². The van der Waals surface area contributed by atoms with E-state index in [1.54, 1.807) is 4.90 Å². The van der Waals surface area contributed by atoms with E-state index in [0.717, 1.165) is 16.9 Å². The molecule has 6 heteroatoms. The van der Waals surface area contributed by atoms with Crippen molar-refractivity contribution >= 4 is 17.5 Å². The third kappa shape index (κ3) is 3.61. The highest BCUT2D eigenvalue weighted by molar-refractivity contribution is 6.02. The van der Waals surface area contributed by atoms with Gasteiger partial charge in [0.1, 0.15) is 6.04 Å². The third-order valence-corrected chi connectivity index (χ3v) is 5.67. The highest BCUT2D eigenvalue weighted by Gasteiger charge is 2.36. The molecule has 6 nitrogen and oxygen atoms in total. The topological polar surface area (TPSA) is 67.2 Å². The maximum absolute atomic E-state index is 12.8. The summed E-state index contributed by atoms with van der Waals surface area (Å²) in [5, 5.41) is 7.62. The first kappa shape index (κ1) is 17.8. The molecule has 1 saturated carbocycles. The van der Waals surface area contributed by atoms with Crippen LogP contribution in [-0.2, 0) is 22.6 Å². The fourth-order valence-electron chi connectivity index (χ4n) is 4.30. The maximum Gasteiger partial charge on any atom is 0.243 e. The van der Waals surface area contributed by atoms with Crippen LogP contribution in [0, 0.1) is 0 Å². The standard InChI is InChI=1S/C21H26N4O2/c1-15(26)25-19-10-6-5-7-16(19)13-20(25)21(27)22-14-17-11-12-24(23-17)18-8-3-2-4-9-18/h5-7,10-12,18,20H,2-4,8-9,13-14H2,1H3,(H,22,27)/t20-/m0/s1. The largest absolute Gasteiger partial charge is 0.349 e. The number of nitrogens with one attached hydrogen (secondary N) is 1. The lowest BCUT2D eigenvalue weighted by Gasteiger charge is -2.23. The number of hydrogen-bond donors (Lipinski definition) is 1. The van der Waals surface area contributed by atoms with Crippen LogP contribution >= 0.6 is 0 Å². The van der Waals surface area contributed by atoms with Crippen LogP contribution in [-0.4, -0.2) is 27.6 Å². The molecule has 2 amide bonds. The number of benzene rings is 1. The Kier molecular flexibility index (Phi) is 4.97. The van der Waals surface area contributed by atoms with Crippen LogP contribution in [0.4, 0.5) is 5.69 Å². The van der Waals surface area contributed by atoms with Crippen LogP contribution in [0.15, 0.2) is 36.5 Å². The average molecular weight is 366 g/mol. The molecule has 0 unspecified atom stereocenters. The van der Waals surface area contributed by atoms with Gasteiger partial charge in [0.2, 0.25) is 11.8 Å². The molecular weight excluding hydrogens is 340 g/mol. The van der Waals surface area contributed by atoms with Gasteiger partial charge in [-0.3, -0.25) is 19.2 Å². The van der Waals surface area contributed by atoms with Gasteiger partial charge in [-0.15, -0.1) is 0 Å². The molecule has 0 saturated heterocycles. The van der Waals surface area contributed by atoms with Gasteiger partial charge in [0.25, 0.3) is 0 Å². The SMILES string of the molecule is CC(=O)N1c2ccccc2C[C@H]1C(=O)NCc1ccn(C2CCCCC2)n1. The summed E-state index contributed by atoms with van der Waals surface area (Å²) in [5.41, 5.74) is 2.74. The van der Waals surface area contributed by atoms with Gasteiger partial charge >= 0.3 is 0 Å². The highest BCUT2D eigenvalue weighted by atomic mass is 16.2. The Morgan fingerprint density at radius 1 is 1.15 bits per heavy atom. The summed E-state index contributed by atoms with van der Waals surface area (Å²) in [6.45, 7) is 1.89. The Morgan fingerprint density at radius 2 is 1.93 bits per heavy atom. The number of carbonyl (C=O) groups is 2. The molecule has 1 atom stereocenters. The summed E-state index contributed by atoms with van der Waals surface area (Å²) in [6.07, 6.45) is 8.78. The fourth-order valence-corrected chi connectivity index (χ4v) is 4.30. The lowest BCUT2D eigenvalue weighted by molar-refractivity contribution is -0.125. The van der Waals surface area contributed by atoms with Crippen molar-refractivity contribution in [2.24, 2.45) is 0 Å². The van der Waals surface area contributed by atoms with Crippen molar-refractivity contribution in [3.05, 3.63) is 47.8 Å². The number of amides is 2. The Hall–Kier alpha value is -2.63. The minimum Gasteiger partial charge on any atom is -0.349 e. The maximum atomic E-state index is 12.8. The van der Waals surface area contributed by atoms with E-state index < -0.39 is 6.04 Å². The predicted octanol–water partition coefficient (Wildman–Crippen LogP) is 2.98. The monoisotopic (exact) mass is 366 g/mol. The van der Waals surface area contributed by atoms with E-state index in [1.165, 1.54) is 39.0 Å². The van der Waals surface area contributed by atoms with Crippen molar-refractivity contribution in [1.82, 2.24) is 15.1 Å².